The average molecular weight is 339 g/mol. The molecule has 6 nitrogen and oxygen atoms in total. The number of halogens is 1. The van der Waals surface area contributed by atoms with Crippen molar-refractivity contribution in [2.45, 2.75) is 39.7 Å². The van der Waals surface area contributed by atoms with E-state index in [0.717, 1.165) is 30.6 Å². The number of likely N-dealkylation sites (tertiary alicyclic amines) is 1. The van der Waals surface area contributed by atoms with Gasteiger partial charge >= 0.3 is 0 Å². The number of hydrogen-bond acceptors (Lipinski definition) is 3. The van der Waals surface area contributed by atoms with Crippen LogP contribution < -0.4 is 5.73 Å². The summed E-state index contributed by atoms with van der Waals surface area (Å²) in [5, 5.41) is 4.96. The lowest BCUT2D eigenvalue weighted by atomic mass is 10.1. The van der Waals surface area contributed by atoms with E-state index < -0.39 is 0 Å². The summed E-state index contributed by atoms with van der Waals surface area (Å²) in [6, 6.07) is 0. The summed E-state index contributed by atoms with van der Waals surface area (Å²) < 4.78 is 1.77. The van der Waals surface area contributed by atoms with Crippen molar-refractivity contribution < 1.29 is 9.59 Å². The fourth-order valence-corrected chi connectivity index (χ4v) is 2.99. The largest absolute Gasteiger partial charge is 0.369 e. The molecule has 1 atom stereocenters. The van der Waals surface area contributed by atoms with E-state index >= 15 is 0 Å². The van der Waals surface area contributed by atoms with Gasteiger partial charge in [-0.15, -0.1) is 0 Å². The number of aryl methyl sites for hydroxylation is 2. The van der Waals surface area contributed by atoms with Crippen LogP contribution in [0.2, 0.25) is 5.15 Å². The number of carbonyl (C=O) groups excluding carboxylic acids is 2. The Morgan fingerprint density at radius 3 is 2.83 bits per heavy atom. The molecule has 0 radical (unpaired) electrons. The first-order valence-corrected chi connectivity index (χ1v) is 8.31. The van der Waals surface area contributed by atoms with Gasteiger partial charge in [0.25, 0.3) is 0 Å². The Balaban J connectivity index is 2.04. The number of carbonyl (C=O) groups is 2. The second kappa shape index (κ2) is 7.64. The monoisotopic (exact) mass is 338 g/mol. The van der Waals surface area contributed by atoms with Gasteiger partial charge < -0.3 is 10.6 Å². The minimum Gasteiger partial charge on any atom is -0.369 e. The Bertz CT molecular complexity index is 624. The fourth-order valence-electron chi connectivity index (χ4n) is 2.67. The molecule has 7 heteroatoms. The minimum absolute atomic E-state index is 0.134. The Morgan fingerprint density at radius 1 is 1.48 bits per heavy atom. The predicted octanol–water partition coefficient (Wildman–Crippen LogP) is 1.99. The Labute approximate surface area is 141 Å². The summed E-state index contributed by atoms with van der Waals surface area (Å²) >= 11 is 6.34. The topological polar surface area (TPSA) is 81.2 Å². The van der Waals surface area contributed by atoms with Crippen LogP contribution in [0.15, 0.2) is 6.08 Å². The molecule has 0 aliphatic carbocycles. The third kappa shape index (κ3) is 4.13. The number of nitrogens with zero attached hydrogens (tertiary/aromatic N) is 3. The molecule has 0 bridgehead atoms. The standard InChI is InChI=1S/C16H23ClN4O2/c1-3-4-8-21-15(17)13(11(2)19-21)5-6-14(22)20-9-7-12(10-20)16(18)23/h5-6,12H,3-4,7-10H2,1-2H3,(H2,18,23)/b6-5+/t12-/m0/s1. The smallest absolute Gasteiger partial charge is 0.246 e. The highest BCUT2D eigenvalue weighted by Gasteiger charge is 2.28. The van der Waals surface area contributed by atoms with Gasteiger partial charge in [-0.3, -0.25) is 14.3 Å². The number of unbranched alkanes of at least 4 members (excludes halogenated alkanes) is 1. The highest BCUT2D eigenvalue weighted by atomic mass is 35.5. The molecular formula is C16H23ClN4O2. The molecule has 1 fully saturated rings. The molecule has 0 spiro atoms. The number of aromatic nitrogens is 2. The van der Waals surface area contributed by atoms with Crippen LogP contribution in [0.1, 0.15) is 37.4 Å². The molecule has 1 saturated heterocycles. The van der Waals surface area contributed by atoms with Gasteiger partial charge in [-0.05, 0) is 25.8 Å². The van der Waals surface area contributed by atoms with Crippen LogP contribution in [0.25, 0.3) is 6.08 Å². The Morgan fingerprint density at radius 2 is 2.22 bits per heavy atom. The lowest BCUT2D eigenvalue weighted by molar-refractivity contribution is -0.125. The maximum atomic E-state index is 12.2. The second-order valence-corrected chi connectivity index (χ2v) is 6.23. The maximum Gasteiger partial charge on any atom is 0.246 e. The van der Waals surface area contributed by atoms with Crippen LogP contribution in [0.3, 0.4) is 0 Å². The highest BCUT2D eigenvalue weighted by molar-refractivity contribution is 6.31. The van der Waals surface area contributed by atoms with Gasteiger partial charge in [0, 0.05) is 31.3 Å². The van der Waals surface area contributed by atoms with Crippen LogP contribution >= 0.6 is 11.6 Å². The molecule has 1 aliphatic rings. The van der Waals surface area contributed by atoms with E-state index in [-0.39, 0.29) is 17.7 Å². The number of rotatable bonds is 6. The summed E-state index contributed by atoms with van der Waals surface area (Å²) in [5.74, 6) is -0.722. The molecule has 0 saturated carbocycles. The Kier molecular flexibility index (Phi) is 5.82. The van der Waals surface area contributed by atoms with Gasteiger partial charge in [-0.1, -0.05) is 24.9 Å². The van der Waals surface area contributed by atoms with Crippen molar-refractivity contribution in [2.75, 3.05) is 13.1 Å². The first-order chi connectivity index (χ1) is 10.9. The van der Waals surface area contributed by atoms with Crippen molar-refractivity contribution in [2.24, 2.45) is 11.7 Å². The van der Waals surface area contributed by atoms with E-state index in [1.807, 2.05) is 6.92 Å². The zero-order valence-electron chi connectivity index (χ0n) is 13.6. The maximum absolute atomic E-state index is 12.2. The molecule has 2 rings (SSSR count). The van der Waals surface area contributed by atoms with Gasteiger partial charge in [0.15, 0.2) is 0 Å². The minimum atomic E-state index is -0.347. The lowest BCUT2D eigenvalue weighted by Gasteiger charge is -2.13. The molecule has 126 valence electrons. The van der Waals surface area contributed by atoms with Gasteiger partial charge in [-0.2, -0.15) is 5.10 Å². The van der Waals surface area contributed by atoms with Crippen molar-refractivity contribution in [1.82, 2.24) is 14.7 Å². The zero-order chi connectivity index (χ0) is 17.0. The van der Waals surface area contributed by atoms with Crippen molar-refractivity contribution in [3.63, 3.8) is 0 Å². The van der Waals surface area contributed by atoms with E-state index in [2.05, 4.69) is 12.0 Å². The number of primary amides is 1. The second-order valence-electron chi connectivity index (χ2n) is 5.87. The van der Waals surface area contributed by atoms with Gasteiger partial charge in [-0.25, -0.2) is 0 Å². The van der Waals surface area contributed by atoms with Crippen molar-refractivity contribution in [3.8, 4) is 0 Å². The number of amides is 2. The molecule has 2 heterocycles. The van der Waals surface area contributed by atoms with E-state index in [1.54, 1.807) is 15.7 Å². The number of nitrogens with two attached hydrogens (primary N) is 1. The fraction of sp³-hybridized carbons (Fsp3) is 0.562. The third-order valence-electron chi connectivity index (χ3n) is 4.13. The van der Waals surface area contributed by atoms with E-state index in [0.29, 0.717) is 24.7 Å². The van der Waals surface area contributed by atoms with Gasteiger partial charge in [0.05, 0.1) is 11.6 Å². The average Bonchev–Trinajstić information content (AvgIpc) is 3.09. The third-order valence-corrected chi connectivity index (χ3v) is 4.53. The molecule has 0 aromatic carbocycles. The van der Waals surface area contributed by atoms with Crippen LogP contribution in [-0.4, -0.2) is 39.6 Å². The summed E-state index contributed by atoms with van der Waals surface area (Å²) in [5.41, 5.74) is 6.85. The lowest BCUT2D eigenvalue weighted by Crippen LogP contribution is -2.30. The summed E-state index contributed by atoms with van der Waals surface area (Å²) in [7, 11) is 0. The van der Waals surface area contributed by atoms with Crippen molar-refractivity contribution in [1.29, 1.82) is 0 Å². The van der Waals surface area contributed by atoms with Crippen LogP contribution in [0.4, 0.5) is 0 Å². The normalized spacial score (nSPS) is 18.0. The van der Waals surface area contributed by atoms with E-state index in [9.17, 15) is 9.59 Å². The molecule has 2 amide bonds. The first kappa shape index (κ1) is 17.5. The first-order valence-electron chi connectivity index (χ1n) is 7.93. The zero-order valence-corrected chi connectivity index (χ0v) is 14.3. The van der Waals surface area contributed by atoms with Crippen molar-refractivity contribution >= 4 is 29.5 Å². The molecular weight excluding hydrogens is 316 g/mol. The SMILES string of the molecule is CCCCn1nc(C)c(/C=C/C(=O)N2CC[C@H](C(N)=O)C2)c1Cl. The van der Waals surface area contributed by atoms with Gasteiger partial charge in [0.2, 0.25) is 11.8 Å². The molecule has 1 aromatic heterocycles. The molecule has 2 N–H and O–H groups in total. The summed E-state index contributed by atoms with van der Waals surface area (Å²) in [4.78, 5) is 25.0. The quantitative estimate of drug-likeness (QED) is 0.805. The van der Waals surface area contributed by atoms with Crippen LogP contribution in [-0.2, 0) is 16.1 Å². The van der Waals surface area contributed by atoms with Gasteiger partial charge in [0.1, 0.15) is 5.15 Å². The predicted molar refractivity (Wildman–Crippen MR) is 89.8 cm³/mol. The van der Waals surface area contributed by atoms with E-state index in [4.69, 9.17) is 17.3 Å². The summed E-state index contributed by atoms with van der Waals surface area (Å²) in [6.45, 7) is 5.70. The number of hydrogen-bond donors (Lipinski definition) is 1. The van der Waals surface area contributed by atoms with Crippen LogP contribution in [0.5, 0.6) is 0 Å². The molecule has 1 aliphatic heterocycles. The van der Waals surface area contributed by atoms with Crippen molar-refractivity contribution in [3.05, 3.63) is 22.5 Å². The summed E-state index contributed by atoms with van der Waals surface area (Å²) in [6.07, 6.45) is 5.89. The molecule has 1 aromatic rings. The Hall–Kier alpha value is -1.82. The molecule has 23 heavy (non-hydrogen) atoms. The highest BCUT2D eigenvalue weighted by Crippen LogP contribution is 2.22. The van der Waals surface area contributed by atoms with Crippen LogP contribution in [0, 0.1) is 12.8 Å². The molecule has 0 unspecified atom stereocenters. The van der Waals surface area contributed by atoms with E-state index in [1.165, 1.54) is 6.08 Å².